The number of rotatable bonds is 11. The predicted molar refractivity (Wildman–Crippen MR) is 149 cm³/mol. The molecule has 40 heavy (non-hydrogen) atoms. The Labute approximate surface area is 235 Å². The molecule has 0 amide bonds. The number of carbonyl (C=O) groups is 1. The Balaban J connectivity index is 1.85. The average Bonchev–Trinajstić information content (AvgIpc) is 3.27. The van der Waals surface area contributed by atoms with E-state index < -0.39 is 12.0 Å². The van der Waals surface area contributed by atoms with E-state index in [4.69, 9.17) is 28.9 Å². The van der Waals surface area contributed by atoms with Crippen molar-refractivity contribution >= 4 is 23.4 Å². The number of thiazole rings is 1. The molecule has 208 valence electrons. The number of nitrogens with zero attached hydrogens (tertiary/aromatic N) is 3. The Bertz CT molecular complexity index is 1650. The van der Waals surface area contributed by atoms with Crippen LogP contribution in [0.15, 0.2) is 58.0 Å². The number of methoxy groups -OCH3 is 1. The normalized spacial score (nSPS) is 14.3. The molecular weight excluding hydrogens is 534 g/mol. The van der Waals surface area contributed by atoms with Crippen molar-refractivity contribution in [1.82, 2.24) is 4.57 Å². The van der Waals surface area contributed by atoms with Crippen molar-refractivity contribution in [2.75, 3.05) is 33.5 Å². The molecule has 1 atom stereocenters. The van der Waals surface area contributed by atoms with Gasteiger partial charge in [0.25, 0.3) is 5.56 Å². The second-order valence-electron chi connectivity index (χ2n) is 8.33. The van der Waals surface area contributed by atoms with Crippen LogP contribution in [0.1, 0.15) is 37.9 Å². The van der Waals surface area contributed by atoms with Crippen molar-refractivity contribution in [2.24, 2.45) is 4.99 Å². The van der Waals surface area contributed by atoms with Crippen molar-refractivity contribution in [3.05, 3.63) is 79.0 Å². The highest BCUT2D eigenvalue weighted by atomic mass is 32.1. The van der Waals surface area contributed by atoms with Crippen LogP contribution in [0, 0.1) is 11.3 Å². The van der Waals surface area contributed by atoms with Gasteiger partial charge in [-0.15, -0.1) is 0 Å². The van der Waals surface area contributed by atoms with E-state index in [2.05, 4.69) is 4.99 Å². The van der Waals surface area contributed by atoms with Crippen molar-refractivity contribution in [3.8, 4) is 29.1 Å². The number of nitriles is 1. The fraction of sp³-hybridized carbons (Fsp3) is 0.310. The molecule has 0 unspecified atom stereocenters. The molecular formula is C29H29N3O7S. The second kappa shape index (κ2) is 13.0. The molecule has 11 heteroatoms. The van der Waals surface area contributed by atoms with Crippen molar-refractivity contribution in [2.45, 2.75) is 26.8 Å². The van der Waals surface area contributed by atoms with Gasteiger partial charge in [-0.2, -0.15) is 5.26 Å². The van der Waals surface area contributed by atoms with Crippen LogP contribution in [-0.4, -0.2) is 44.1 Å². The van der Waals surface area contributed by atoms with E-state index in [1.807, 2.05) is 26.8 Å². The highest BCUT2D eigenvalue weighted by Gasteiger charge is 2.31. The third-order valence-corrected chi connectivity index (χ3v) is 6.86. The van der Waals surface area contributed by atoms with Gasteiger partial charge in [0.2, 0.25) is 0 Å². The minimum atomic E-state index is -0.790. The molecule has 10 nitrogen and oxygen atoms in total. The number of esters is 1. The zero-order chi connectivity index (χ0) is 28.6. The largest absolute Gasteiger partial charge is 0.490 e. The van der Waals surface area contributed by atoms with Crippen LogP contribution in [0.3, 0.4) is 0 Å². The first-order valence-corrected chi connectivity index (χ1v) is 13.5. The van der Waals surface area contributed by atoms with Crippen molar-refractivity contribution in [1.29, 1.82) is 5.26 Å². The van der Waals surface area contributed by atoms with Gasteiger partial charge >= 0.3 is 5.97 Å². The molecule has 0 bridgehead atoms. The molecule has 3 aromatic rings. The van der Waals surface area contributed by atoms with E-state index >= 15 is 0 Å². The molecule has 1 aromatic heterocycles. The van der Waals surface area contributed by atoms with Crippen LogP contribution in [0.2, 0.25) is 0 Å². The van der Waals surface area contributed by atoms with E-state index in [1.165, 1.54) is 29.2 Å². The number of benzene rings is 2. The molecule has 0 radical (unpaired) electrons. The monoisotopic (exact) mass is 563 g/mol. The van der Waals surface area contributed by atoms with Crippen LogP contribution in [0.4, 0.5) is 0 Å². The minimum Gasteiger partial charge on any atom is -0.490 e. The Morgan fingerprint density at radius 3 is 2.33 bits per heavy atom. The molecule has 1 aliphatic heterocycles. The molecule has 0 aliphatic carbocycles. The Morgan fingerprint density at radius 2 is 1.65 bits per heavy atom. The molecule has 1 aliphatic rings. The maximum Gasteiger partial charge on any atom is 0.337 e. The lowest BCUT2D eigenvalue weighted by molar-refractivity contribution is -0.136. The third-order valence-electron chi connectivity index (χ3n) is 5.87. The number of aromatic nitrogens is 1. The molecule has 0 saturated carbocycles. The van der Waals surface area contributed by atoms with Gasteiger partial charge < -0.3 is 23.7 Å². The number of ether oxygens (including phenoxy) is 5. The molecule has 2 heterocycles. The summed E-state index contributed by atoms with van der Waals surface area (Å²) in [7, 11) is 1.29. The van der Waals surface area contributed by atoms with E-state index in [0.29, 0.717) is 63.3 Å². The fourth-order valence-corrected chi connectivity index (χ4v) is 5.22. The second-order valence-corrected chi connectivity index (χ2v) is 9.34. The van der Waals surface area contributed by atoms with Gasteiger partial charge in [-0.1, -0.05) is 23.5 Å². The van der Waals surface area contributed by atoms with Gasteiger partial charge in [0.1, 0.15) is 6.07 Å². The first-order valence-electron chi connectivity index (χ1n) is 12.7. The molecule has 2 aromatic carbocycles. The Hall–Kier alpha value is -4.56. The molecule has 4 rings (SSSR count). The molecule has 0 saturated heterocycles. The SMILES string of the molecule is CCOc1ccc([C@@H]2C(C(=O)OC)=CN=c3s/c(=C\c4ccc(OCC#N)c(OCC)c4)c(=O)n32)cc1OCC. The molecule has 0 fully saturated rings. The van der Waals surface area contributed by atoms with Gasteiger partial charge in [0.15, 0.2) is 34.4 Å². The van der Waals surface area contributed by atoms with Crippen LogP contribution < -0.4 is 33.8 Å². The Kier molecular flexibility index (Phi) is 9.24. The minimum absolute atomic E-state index is 0.114. The smallest absolute Gasteiger partial charge is 0.337 e. The van der Waals surface area contributed by atoms with E-state index in [-0.39, 0.29) is 17.7 Å². The predicted octanol–water partition coefficient (Wildman–Crippen LogP) is 3.12. The third kappa shape index (κ3) is 5.87. The van der Waals surface area contributed by atoms with Gasteiger partial charge in [-0.05, 0) is 62.2 Å². The summed E-state index contributed by atoms with van der Waals surface area (Å²) in [6.07, 6.45) is 3.17. The number of fused-ring (bicyclic) bond motifs is 1. The fourth-order valence-electron chi connectivity index (χ4n) is 4.25. The lowest BCUT2D eigenvalue weighted by Crippen LogP contribution is -2.39. The van der Waals surface area contributed by atoms with E-state index in [9.17, 15) is 9.59 Å². The Morgan fingerprint density at radius 1 is 1.00 bits per heavy atom. The van der Waals surface area contributed by atoms with E-state index in [0.717, 1.165) is 0 Å². The maximum absolute atomic E-state index is 13.8. The van der Waals surface area contributed by atoms with Gasteiger partial charge in [-0.25, -0.2) is 9.79 Å². The summed E-state index contributed by atoms with van der Waals surface area (Å²) in [6, 6.07) is 11.7. The number of hydrogen-bond acceptors (Lipinski definition) is 10. The lowest BCUT2D eigenvalue weighted by Gasteiger charge is -2.23. The van der Waals surface area contributed by atoms with Crippen LogP contribution in [-0.2, 0) is 9.53 Å². The standard InChI is InChI=1S/C29H29N3O7S/c1-5-36-21-11-9-19(16-24(21)38-7-3)26-20(28(34)35-4)17-31-29-32(26)27(33)25(40-29)15-18-8-10-22(39-13-12-30)23(14-18)37-6-2/h8-11,14-17,26H,5-7,13H2,1-4H3/b25-15-/t26-/m1/s1. The van der Waals surface area contributed by atoms with Crippen LogP contribution in [0.5, 0.6) is 23.0 Å². The summed E-state index contributed by atoms with van der Waals surface area (Å²) in [5.74, 6) is 1.38. The summed E-state index contributed by atoms with van der Waals surface area (Å²) in [4.78, 5) is 31.4. The number of carbonyl (C=O) groups excluding carboxylic acids is 1. The van der Waals surface area contributed by atoms with Gasteiger partial charge in [-0.3, -0.25) is 9.36 Å². The summed E-state index contributed by atoms with van der Waals surface area (Å²) in [5, 5.41) is 8.85. The van der Waals surface area contributed by atoms with Gasteiger partial charge in [0, 0.05) is 6.20 Å². The summed E-state index contributed by atoms with van der Waals surface area (Å²) < 4.78 is 29.5. The van der Waals surface area contributed by atoms with Crippen molar-refractivity contribution in [3.63, 3.8) is 0 Å². The van der Waals surface area contributed by atoms with Crippen LogP contribution in [0.25, 0.3) is 6.08 Å². The highest BCUT2D eigenvalue weighted by Crippen LogP contribution is 2.35. The lowest BCUT2D eigenvalue weighted by atomic mass is 9.97. The van der Waals surface area contributed by atoms with Crippen LogP contribution >= 0.6 is 11.3 Å². The van der Waals surface area contributed by atoms with Gasteiger partial charge in [0.05, 0.1) is 43.1 Å². The highest BCUT2D eigenvalue weighted by molar-refractivity contribution is 7.07. The summed E-state index contributed by atoms with van der Waals surface area (Å²) in [6.45, 7) is 6.74. The quantitative estimate of drug-likeness (QED) is 0.326. The van der Waals surface area contributed by atoms with Crippen molar-refractivity contribution < 1.29 is 28.5 Å². The summed E-state index contributed by atoms with van der Waals surface area (Å²) >= 11 is 1.20. The number of hydrogen-bond donors (Lipinski definition) is 0. The average molecular weight is 564 g/mol. The zero-order valence-electron chi connectivity index (χ0n) is 22.6. The topological polar surface area (TPSA) is 121 Å². The zero-order valence-corrected chi connectivity index (χ0v) is 23.4. The maximum atomic E-state index is 13.8. The molecule has 0 spiro atoms. The first kappa shape index (κ1) is 28.4. The molecule has 0 N–H and O–H groups in total. The summed E-state index contributed by atoms with van der Waals surface area (Å²) in [5.41, 5.74) is 1.23. The van der Waals surface area contributed by atoms with E-state index in [1.54, 1.807) is 42.5 Å². The first-order chi connectivity index (χ1) is 19.4.